The van der Waals surface area contributed by atoms with Crippen molar-refractivity contribution in [2.75, 3.05) is 11.4 Å². The molecule has 1 N–H and O–H groups in total. The van der Waals surface area contributed by atoms with Crippen molar-refractivity contribution in [1.82, 2.24) is 5.32 Å². The van der Waals surface area contributed by atoms with Gasteiger partial charge in [-0.15, -0.1) is 0 Å². The molecule has 2 amide bonds. The van der Waals surface area contributed by atoms with Gasteiger partial charge in [0.1, 0.15) is 5.41 Å². The van der Waals surface area contributed by atoms with Crippen LogP contribution in [0.25, 0.3) is 0 Å². The molecule has 1 atom stereocenters. The Balaban J connectivity index is 3.01. The second kappa shape index (κ2) is 7.43. The highest BCUT2D eigenvalue weighted by molar-refractivity contribution is 6.11. The number of amides is 2. The smallest absolute Gasteiger partial charge is 0.242 e. The SMILES string of the molecule is CCC(C)NC(=O)C(C)(C)C(=O)N(CC)c1cccc(C)c1. The van der Waals surface area contributed by atoms with Crippen LogP contribution in [0, 0.1) is 12.3 Å². The molecule has 0 radical (unpaired) electrons. The van der Waals surface area contributed by atoms with Crippen molar-refractivity contribution < 1.29 is 9.59 Å². The Morgan fingerprint density at radius 1 is 1.27 bits per heavy atom. The van der Waals surface area contributed by atoms with E-state index in [4.69, 9.17) is 0 Å². The maximum absolute atomic E-state index is 12.9. The summed E-state index contributed by atoms with van der Waals surface area (Å²) in [6.45, 7) is 11.8. The predicted octanol–water partition coefficient (Wildman–Crippen LogP) is 3.29. The number of rotatable bonds is 6. The second-order valence-corrected chi connectivity index (χ2v) is 6.30. The standard InChI is InChI=1S/C18H28N2O2/c1-7-14(4)19-16(21)18(5,6)17(22)20(8-2)15-11-9-10-13(3)12-15/h9-12,14H,7-8H2,1-6H3,(H,19,21). The molecular formula is C18H28N2O2. The Kier molecular flexibility index (Phi) is 6.15. The maximum atomic E-state index is 12.9. The Bertz CT molecular complexity index is 538. The third-order valence-corrected chi connectivity index (χ3v) is 3.97. The summed E-state index contributed by atoms with van der Waals surface area (Å²) in [5, 5.41) is 2.91. The summed E-state index contributed by atoms with van der Waals surface area (Å²) < 4.78 is 0. The largest absolute Gasteiger partial charge is 0.353 e. The van der Waals surface area contributed by atoms with Crippen LogP contribution in [0.4, 0.5) is 5.69 Å². The molecule has 1 aromatic rings. The van der Waals surface area contributed by atoms with Gasteiger partial charge in [0.25, 0.3) is 0 Å². The monoisotopic (exact) mass is 304 g/mol. The van der Waals surface area contributed by atoms with Gasteiger partial charge in [-0.1, -0.05) is 19.1 Å². The first-order chi connectivity index (χ1) is 10.2. The van der Waals surface area contributed by atoms with Gasteiger partial charge < -0.3 is 10.2 Å². The van der Waals surface area contributed by atoms with Crippen molar-refractivity contribution in [1.29, 1.82) is 0 Å². The number of hydrogen-bond acceptors (Lipinski definition) is 2. The zero-order valence-electron chi connectivity index (χ0n) is 14.6. The van der Waals surface area contributed by atoms with E-state index < -0.39 is 5.41 Å². The average molecular weight is 304 g/mol. The van der Waals surface area contributed by atoms with Gasteiger partial charge in [0.05, 0.1) is 0 Å². The van der Waals surface area contributed by atoms with Crippen LogP contribution in [-0.2, 0) is 9.59 Å². The molecule has 0 saturated carbocycles. The lowest BCUT2D eigenvalue weighted by molar-refractivity contribution is -0.140. The maximum Gasteiger partial charge on any atom is 0.242 e. The minimum Gasteiger partial charge on any atom is -0.353 e. The molecule has 1 rings (SSSR count). The molecule has 0 aliphatic heterocycles. The molecule has 0 saturated heterocycles. The summed E-state index contributed by atoms with van der Waals surface area (Å²) >= 11 is 0. The number of benzene rings is 1. The van der Waals surface area contributed by atoms with Crippen molar-refractivity contribution in [3.63, 3.8) is 0 Å². The fourth-order valence-electron chi connectivity index (χ4n) is 2.18. The third kappa shape index (κ3) is 4.09. The first-order valence-corrected chi connectivity index (χ1v) is 7.93. The highest BCUT2D eigenvalue weighted by atomic mass is 16.2. The van der Waals surface area contributed by atoms with Crippen LogP contribution in [0.5, 0.6) is 0 Å². The van der Waals surface area contributed by atoms with Crippen LogP contribution in [0.3, 0.4) is 0 Å². The minimum absolute atomic E-state index is 0.0635. The number of nitrogens with one attached hydrogen (secondary N) is 1. The lowest BCUT2D eigenvalue weighted by Crippen LogP contribution is -2.51. The minimum atomic E-state index is -1.09. The molecule has 4 nitrogen and oxygen atoms in total. The van der Waals surface area contributed by atoms with Gasteiger partial charge in [-0.05, 0) is 58.7 Å². The molecule has 22 heavy (non-hydrogen) atoms. The topological polar surface area (TPSA) is 49.4 Å². The summed E-state index contributed by atoms with van der Waals surface area (Å²) in [6.07, 6.45) is 0.839. The Labute approximate surface area is 133 Å². The fraction of sp³-hybridized carbons (Fsp3) is 0.556. The second-order valence-electron chi connectivity index (χ2n) is 6.30. The summed E-state index contributed by atoms with van der Waals surface area (Å²) in [4.78, 5) is 27.0. The summed E-state index contributed by atoms with van der Waals surface area (Å²) in [5.74, 6) is -0.403. The van der Waals surface area contributed by atoms with Crippen molar-refractivity contribution in [3.8, 4) is 0 Å². The zero-order valence-corrected chi connectivity index (χ0v) is 14.6. The molecule has 0 aliphatic rings. The average Bonchev–Trinajstić information content (AvgIpc) is 2.47. The van der Waals surface area contributed by atoms with E-state index in [1.54, 1.807) is 18.7 Å². The van der Waals surface area contributed by atoms with E-state index in [1.807, 2.05) is 52.0 Å². The van der Waals surface area contributed by atoms with Gasteiger partial charge in [-0.2, -0.15) is 0 Å². The lowest BCUT2D eigenvalue weighted by Gasteiger charge is -2.31. The summed E-state index contributed by atoms with van der Waals surface area (Å²) in [5.41, 5.74) is 0.825. The van der Waals surface area contributed by atoms with E-state index in [9.17, 15) is 9.59 Å². The number of carbonyl (C=O) groups excluding carboxylic acids is 2. The van der Waals surface area contributed by atoms with E-state index in [1.165, 1.54) is 0 Å². The van der Waals surface area contributed by atoms with Gasteiger partial charge in [-0.3, -0.25) is 9.59 Å². The van der Waals surface area contributed by atoms with Gasteiger partial charge >= 0.3 is 0 Å². The molecule has 0 bridgehead atoms. The molecular weight excluding hydrogens is 276 g/mol. The van der Waals surface area contributed by atoms with Crippen LogP contribution in [-0.4, -0.2) is 24.4 Å². The molecule has 0 fully saturated rings. The molecule has 0 heterocycles. The molecule has 1 unspecified atom stereocenters. The molecule has 0 aliphatic carbocycles. The lowest BCUT2D eigenvalue weighted by atomic mass is 9.89. The number of nitrogens with zero attached hydrogens (tertiary/aromatic N) is 1. The van der Waals surface area contributed by atoms with Crippen molar-refractivity contribution in [2.45, 2.75) is 54.0 Å². The van der Waals surface area contributed by atoms with E-state index in [-0.39, 0.29) is 17.9 Å². The van der Waals surface area contributed by atoms with Gasteiger partial charge in [0, 0.05) is 18.3 Å². The highest BCUT2D eigenvalue weighted by Crippen LogP contribution is 2.25. The predicted molar refractivity (Wildman–Crippen MR) is 90.9 cm³/mol. The third-order valence-electron chi connectivity index (χ3n) is 3.97. The first kappa shape index (κ1) is 18.2. The Hall–Kier alpha value is -1.84. The quantitative estimate of drug-likeness (QED) is 0.820. The Morgan fingerprint density at radius 2 is 1.91 bits per heavy atom. The number of anilines is 1. The van der Waals surface area contributed by atoms with E-state index in [2.05, 4.69) is 5.32 Å². The Morgan fingerprint density at radius 3 is 2.41 bits per heavy atom. The molecule has 0 aromatic heterocycles. The first-order valence-electron chi connectivity index (χ1n) is 7.93. The number of carbonyl (C=O) groups is 2. The molecule has 0 spiro atoms. The summed E-state index contributed by atoms with van der Waals surface area (Å²) in [6, 6.07) is 7.84. The van der Waals surface area contributed by atoms with E-state index in [0.717, 1.165) is 17.7 Å². The van der Waals surface area contributed by atoms with E-state index in [0.29, 0.717) is 6.54 Å². The van der Waals surface area contributed by atoms with Crippen LogP contribution >= 0.6 is 0 Å². The zero-order chi connectivity index (χ0) is 16.9. The van der Waals surface area contributed by atoms with Gasteiger partial charge in [0.2, 0.25) is 11.8 Å². The highest BCUT2D eigenvalue weighted by Gasteiger charge is 2.39. The van der Waals surface area contributed by atoms with Gasteiger partial charge in [0.15, 0.2) is 0 Å². The van der Waals surface area contributed by atoms with Crippen LogP contribution in [0.15, 0.2) is 24.3 Å². The van der Waals surface area contributed by atoms with Gasteiger partial charge in [-0.25, -0.2) is 0 Å². The molecule has 122 valence electrons. The van der Waals surface area contributed by atoms with Crippen LogP contribution in [0.2, 0.25) is 0 Å². The normalized spacial score (nSPS) is 12.6. The van der Waals surface area contributed by atoms with E-state index >= 15 is 0 Å². The number of aryl methyl sites for hydroxylation is 1. The summed E-state index contributed by atoms with van der Waals surface area (Å²) in [7, 11) is 0. The van der Waals surface area contributed by atoms with Crippen LogP contribution < -0.4 is 10.2 Å². The molecule has 4 heteroatoms. The number of hydrogen-bond donors (Lipinski definition) is 1. The molecule has 1 aromatic carbocycles. The fourth-order valence-corrected chi connectivity index (χ4v) is 2.18. The van der Waals surface area contributed by atoms with Crippen molar-refractivity contribution >= 4 is 17.5 Å². The van der Waals surface area contributed by atoms with Crippen LogP contribution in [0.1, 0.15) is 46.6 Å². The van der Waals surface area contributed by atoms with Crippen molar-refractivity contribution in [3.05, 3.63) is 29.8 Å². The van der Waals surface area contributed by atoms with Crippen molar-refractivity contribution in [2.24, 2.45) is 5.41 Å².